The van der Waals surface area contributed by atoms with E-state index in [1.165, 1.54) is 0 Å². The molecule has 1 saturated heterocycles. The van der Waals surface area contributed by atoms with Crippen LogP contribution in [0.2, 0.25) is 0 Å². The summed E-state index contributed by atoms with van der Waals surface area (Å²) in [7, 11) is 0. The van der Waals surface area contributed by atoms with Crippen LogP contribution in [0.4, 0.5) is 0 Å². The van der Waals surface area contributed by atoms with Gasteiger partial charge in [-0.3, -0.25) is 4.79 Å². The van der Waals surface area contributed by atoms with Crippen LogP contribution in [-0.4, -0.2) is 40.4 Å². The van der Waals surface area contributed by atoms with Crippen LogP contribution in [0.5, 0.6) is 0 Å². The van der Waals surface area contributed by atoms with Crippen molar-refractivity contribution in [2.24, 2.45) is 0 Å². The second kappa shape index (κ2) is 2.52. The standard InChI is InChI=1S/C8H12O4/c9-5-3-6(10)8(11)1-2-12-7(8)4-5/h6-7,10-11H,1-4H2/t6?,7-,8+/m0/s1. The van der Waals surface area contributed by atoms with Gasteiger partial charge in [0.2, 0.25) is 0 Å². The van der Waals surface area contributed by atoms with E-state index in [1.807, 2.05) is 0 Å². The molecule has 12 heavy (non-hydrogen) atoms. The molecule has 1 aliphatic heterocycles. The van der Waals surface area contributed by atoms with Crippen molar-refractivity contribution in [2.75, 3.05) is 6.61 Å². The van der Waals surface area contributed by atoms with Crippen molar-refractivity contribution in [2.45, 2.75) is 37.1 Å². The number of carbonyl (C=O) groups excluding carboxylic acids is 1. The smallest absolute Gasteiger partial charge is 0.138 e. The van der Waals surface area contributed by atoms with Gasteiger partial charge in [-0.15, -0.1) is 0 Å². The lowest BCUT2D eigenvalue weighted by Gasteiger charge is -2.36. The monoisotopic (exact) mass is 172 g/mol. The molecule has 3 atom stereocenters. The lowest BCUT2D eigenvalue weighted by molar-refractivity contribution is -0.156. The largest absolute Gasteiger partial charge is 0.390 e. The van der Waals surface area contributed by atoms with E-state index in [-0.39, 0.29) is 18.6 Å². The number of fused-ring (bicyclic) bond motifs is 1. The number of aliphatic hydroxyl groups is 2. The van der Waals surface area contributed by atoms with Crippen molar-refractivity contribution in [3.05, 3.63) is 0 Å². The fourth-order valence-electron chi connectivity index (χ4n) is 1.97. The Morgan fingerprint density at radius 3 is 3.00 bits per heavy atom. The molecule has 4 nitrogen and oxygen atoms in total. The molecular weight excluding hydrogens is 160 g/mol. The average Bonchev–Trinajstić information content (AvgIpc) is 2.33. The van der Waals surface area contributed by atoms with Crippen LogP contribution in [-0.2, 0) is 9.53 Å². The molecule has 1 aliphatic carbocycles. The highest BCUT2D eigenvalue weighted by atomic mass is 16.5. The fourth-order valence-corrected chi connectivity index (χ4v) is 1.97. The van der Waals surface area contributed by atoms with E-state index in [0.29, 0.717) is 13.0 Å². The molecule has 2 rings (SSSR count). The van der Waals surface area contributed by atoms with E-state index in [0.717, 1.165) is 0 Å². The zero-order chi connectivity index (χ0) is 8.77. The van der Waals surface area contributed by atoms with Gasteiger partial charge < -0.3 is 14.9 Å². The highest BCUT2D eigenvalue weighted by Gasteiger charge is 2.52. The molecule has 0 radical (unpaired) electrons. The van der Waals surface area contributed by atoms with Gasteiger partial charge in [0.1, 0.15) is 11.4 Å². The Hall–Kier alpha value is -0.450. The molecule has 2 fully saturated rings. The Morgan fingerprint density at radius 1 is 1.50 bits per heavy atom. The first kappa shape index (κ1) is 8.16. The first-order valence-corrected chi connectivity index (χ1v) is 4.16. The van der Waals surface area contributed by atoms with Crippen molar-refractivity contribution >= 4 is 5.78 Å². The van der Waals surface area contributed by atoms with Gasteiger partial charge in [0.05, 0.1) is 18.8 Å². The third-order valence-electron chi connectivity index (χ3n) is 2.79. The van der Waals surface area contributed by atoms with Crippen LogP contribution in [0.15, 0.2) is 0 Å². The van der Waals surface area contributed by atoms with Crippen LogP contribution in [0, 0.1) is 0 Å². The zero-order valence-corrected chi connectivity index (χ0v) is 6.69. The van der Waals surface area contributed by atoms with Gasteiger partial charge in [-0.25, -0.2) is 0 Å². The third-order valence-corrected chi connectivity index (χ3v) is 2.79. The van der Waals surface area contributed by atoms with Crippen molar-refractivity contribution in [1.29, 1.82) is 0 Å². The van der Waals surface area contributed by atoms with Gasteiger partial charge in [0.15, 0.2) is 0 Å². The summed E-state index contributed by atoms with van der Waals surface area (Å²) in [4.78, 5) is 11.0. The van der Waals surface area contributed by atoms with Gasteiger partial charge in [0.25, 0.3) is 0 Å². The second-order valence-electron chi connectivity index (χ2n) is 3.56. The lowest BCUT2D eigenvalue weighted by atomic mass is 9.79. The maximum absolute atomic E-state index is 11.0. The Morgan fingerprint density at radius 2 is 2.25 bits per heavy atom. The normalized spacial score (nSPS) is 47.7. The molecule has 0 spiro atoms. The molecule has 1 unspecified atom stereocenters. The maximum atomic E-state index is 11.0. The summed E-state index contributed by atoms with van der Waals surface area (Å²) in [6.07, 6.45) is -0.671. The highest BCUT2D eigenvalue weighted by molar-refractivity contribution is 5.81. The Labute approximate surface area is 70.1 Å². The number of rotatable bonds is 0. The first-order valence-electron chi connectivity index (χ1n) is 4.16. The summed E-state index contributed by atoms with van der Waals surface area (Å²) in [6, 6.07) is 0. The van der Waals surface area contributed by atoms with E-state index in [1.54, 1.807) is 0 Å². The van der Waals surface area contributed by atoms with Gasteiger partial charge in [-0.2, -0.15) is 0 Å². The van der Waals surface area contributed by atoms with E-state index >= 15 is 0 Å². The van der Waals surface area contributed by atoms with Gasteiger partial charge in [-0.05, 0) is 0 Å². The minimum Gasteiger partial charge on any atom is -0.390 e. The number of Topliss-reactive ketones (excluding diaryl/α,β-unsaturated/α-hetero) is 1. The highest BCUT2D eigenvalue weighted by Crippen LogP contribution is 2.36. The number of carbonyl (C=O) groups is 1. The third kappa shape index (κ3) is 0.990. The van der Waals surface area contributed by atoms with Gasteiger partial charge >= 0.3 is 0 Å². The van der Waals surface area contributed by atoms with Crippen molar-refractivity contribution in [1.82, 2.24) is 0 Å². The molecule has 0 aromatic carbocycles. The predicted molar refractivity (Wildman–Crippen MR) is 39.6 cm³/mol. The molecule has 0 amide bonds. The van der Waals surface area contributed by atoms with Crippen molar-refractivity contribution in [3.8, 4) is 0 Å². The van der Waals surface area contributed by atoms with E-state index in [4.69, 9.17) is 4.74 Å². The molecule has 0 bridgehead atoms. The molecule has 4 heteroatoms. The number of hydrogen-bond donors (Lipinski definition) is 2. The minimum absolute atomic E-state index is 0.0286. The Balaban J connectivity index is 2.22. The van der Waals surface area contributed by atoms with Crippen LogP contribution >= 0.6 is 0 Å². The van der Waals surface area contributed by atoms with E-state index in [2.05, 4.69) is 0 Å². The van der Waals surface area contributed by atoms with Crippen LogP contribution < -0.4 is 0 Å². The average molecular weight is 172 g/mol. The number of ether oxygens (including phenoxy) is 1. The molecule has 1 saturated carbocycles. The predicted octanol–water partition coefficient (Wildman–Crippen LogP) is -0.770. The van der Waals surface area contributed by atoms with Crippen molar-refractivity contribution in [3.63, 3.8) is 0 Å². The Kier molecular flexibility index (Phi) is 1.71. The molecular formula is C8H12O4. The number of aliphatic hydroxyl groups excluding tert-OH is 1. The maximum Gasteiger partial charge on any atom is 0.138 e. The van der Waals surface area contributed by atoms with Crippen LogP contribution in [0.3, 0.4) is 0 Å². The number of ketones is 1. The van der Waals surface area contributed by atoms with Crippen LogP contribution in [0.1, 0.15) is 19.3 Å². The minimum atomic E-state index is -1.16. The SMILES string of the molecule is O=C1CC(O)[C@]2(O)CCO[C@H]2C1. The van der Waals surface area contributed by atoms with E-state index < -0.39 is 17.8 Å². The van der Waals surface area contributed by atoms with E-state index in [9.17, 15) is 15.0 Å². The van der Waals surface area contributed by atoms with Crippen LogP contribution in [0.25, 0.3) is 0 Å². The summed E-state index contributed by atoms with van der Waals surface area (Å²) in [5, 5.41) is 19.3. The summed E-state index contributed by atoms with van der Waals surface area (Å²) in [5.41, 5.74) is -1.16. The number of hydrogen-bond acceptors (Lipinski definition) is 4. The Bertz CT molecular complexity index is 215. The summed E-state index contributed by atoms with van der Waals surface area (Å²) in [6.45, 7) is 0.436. The second-order valence-corrected chi connectivity index (χ2v) is 3.56. The molecule has 68 valence electrons. The molecule has 1 heterocycles. The van der Waals surface area contributed by atoms with Gasteiger partial charge in [-0.1, -0.05) is 0 Å². The fraction of sp³-hybridized carbons (Fsp3) is 0.875. The van der Waals surface area contributed by atoms with Crippen molar-refractivity contribution < 1.29 is 19.7 Å². The summed E-state index contributed by atoms with van der Waals surface area (Å²) in [5.74, 6) is -0.0286. The summed E-state index contributed by atoms with van der Waals surface area (Å²) >= 11 is 0. The topological polar surface area (TPSA) is 66.8 Å². The molecule has 0 aromatic heterocycles. The first-order chi connectivity index (χ1) is 5.63. The zero-order valence-electron chi connectivity index (χ0n) is 6.69. The molecule has 2 aliphatic rings. The quantitative estimate of drug-likeness (QED) is 0.503. The molecule has 0 aromatic rings. The lowest BCUT2D eigenvalue weighted by Crippen LogP contribution is -2.54. The molecule has 2 N–H and O–H groups in total. The van der Waals surface area contributed by atoms with Gasteiger partial charge in [0, 0.05) is 19.3 Å². The summed E-state index contributed by atoms with van der Waals surface area (Å²) < 4.78 is 5.17.